The van der Waals surface area contributed by atoms with E-state index in [0.29, 0.717) is 6.79 Å². The van der Waals surface area contributed by atoms with Crippen molar-refractivity contribution in [3.05, 3.63) is 28.8 Å². The largest absolute Gasteiger partial charge is 0.454 e. The summed E-state index contributed by atoms with van der Waals surface area (Å²) >= 11 is 0. The summed E-state index contributed by atoms with van der Waals surface area (Å²) in [6.45, 7) is 4.71. The van der Waals surface area contributed by atoms with Crippen molar-refractivity contribution in [2.75, 3.05) is 6.79 Å². The fourth-order valence-corrected chi connectivity index (χ4v) is 2.13. The molecule has 0 fully saturated rings. The summed E-state index contributed by atoms with van der Waals surface area (Å²) in [7, 11) is 0. The predicted octanol–water partition coefficient (Wildman–Crippen LogP) is 2.76. The molecule has 72 valence electrons. The van der Waals surface area contributed by atoms with E-state index in [2.05, 4.69) is 26.0 Å². The first-order valence-electron chi connectivity index (χ1n) is 4.85. The lowest BCUT2D eigenvalue weighted by Crippen LogP contribution is -1.93. The maximum atomic E-state index is 5.36. The van der Waals surface area contributed by atoms with E-state index in [1.165, 1.54) is 22.3 Å². The molecule has 0 radical (unpaired) electrons. The Labute approximate surface area is 83.1 Å². The average molecular weight is 188 g/mol. The molecule has 0 saturated carbocycles. The minimum Gasteiger partial charge on any atom is -0.454 e. The van der Waals surface area contributed by atoms with Crippen molar-refractivity contribution in [2.24, 2.45) is 0 Å². The second-order valence-electron chi connectivity index (χ2n) is 3.94. The molecule has 1 heterocycles. The molecule has 3 rings (SSSR count). The van der Waals surface area contributed by atoms with Crippen molar-refractivity contribution < 1.29 is 9.47 Å². The number of benzene rings is 1. The average Bonchev–Trinajstić information content (AvgIpc) is 2.70. The molecule has 0 amide bonds. The van der Waals surface area contributed by atoms with E-state index in [4.69, 9.17) is 9.47 Å². The summed E-state index contributed by atoms with van der Waals surface area (Å²) in [6.07, 6.45) is 1.05. The Bertz CT molecular complexity index is 444. The second kappa shape index (κ2) is 2.53. The van der Waals surface area contributed by atoms with E-state index < -0.39 is 0 Å². The van der Waals surface area contributed by atoms with Crippen LogP contribution in [0.1, 0.15) is 25.0 Å². The Morgan fingerprint density at radius 3 is 2.57 bits per heavy atom. The van der Waals surface area contributed by atoms with Gasteiger partial charge in [0.05, 0.1) is 0 Å². The van der Waals surface area contributed by atoms with Crippen LogP contribution in [0.3, 0.4) is 0 Å². The number of ether oxygens (including phenoxy) is 2. The maximum Gasteiger partial charge on any atom is 0.231 e. The molecular weight excluding hydrogens is 176 g/mol. The fourth-order valence-electron chi connectivity index (χ4n) is 2.13. The molecule has 0 unspecified atom stereocenters. The zero-order valence-corrected chi connectivity index (χ0v) is 8.39. The molecule has 0 spiro atoms. The van der Waals surface area contributed by atoms with Crippen LogP contribution in [0, 0.1) is 0 Å². The molecule has 0 saturated heterocycles. The third kappa shape index (κ3) is 0.910. The van der Waals surface area contributed by atoms with Gasteiger partial charge in [0.25, 0.3) is 0 Å². The van der Waals surface area contributed by atoms with Gasteiger partial charge in [-0.05, 0) is 49.1 Å². The minimum atomic E-state index is 0.361. The van der Waals surface area contributed by atoms with Gasteiger partial charge in [-0.2, -0.15) is 0 Å². The van der Waals surface area contributed by atoms with Gasteiger partial charge in [-0.15, -0.1) is 0 Å². The molecule has 14 heavy (non-hydrogen) atoms. The second-order valence-corrected chi connectivity index (χ2v) is 3.94. The molecular formula is C12H12O2. The van der Waals surface area contributed by atoms with Crippen molar-refractivity contribution in [2.45, 2.75) is 20.3 Å². The Balaban J connectivity index is 2.19. The summed E-state index contributed by atoms with van der Waals surface area (Å²) in [5.74, 6) is 1.78. The van der Waals surface area contributed by atoms with Crippen molar-refractivity contribution in [1.29, 1.82) is 0 Å². The van der Waals surface area contributed by atoms with Gasteiger partial charge in [0.2, 0.25) is 6.79 Å². The van der Waals surface area contributed by atoms with Crippen molar-refractivity contribution >= 4 is 5.57 Å². The molecule has 0 N–H and O–H groups in total. The van der Waals surface area contributed by atoms with E-state index >= 15 is 0 Å². The molecule has 1 aliphatic heterocycles. The summed E-state index contributed by atoms with van der Waals surface area (Å²) in [5, 5.41) is 0. The number of hydrogen-bond acceptors (Lipinski definition) is 2. The highest BCUT2D eigenvalue weighted by molar-refractivity contribution is 5.77. The van der Waals surface area contributed by atoms with Gasteiger partial charge in [-0.1, -0.05) is 5.57 Å². The monoisotopic (exact) mass is 188 g/mol. The van der Waals surface area contributed by atoms with Gasteiger partial charge in [0, 0.05) is 0 Å². The highest BCUT2D eigenvalue weighted by Crippen LogP contribution is 2.41. The van der Waals surface area contributed by atoms with Crippen LogP contribution in [0.5, 0.6) is 11.5 Å². The van der Waals surface area contributed by atoms with Gasteiger partial charge in [0.1, 0.15) is 0 Å². The highest BCUT2D eigenvalue weighted by atomic mass is 16.7. The summed E-state index contributed by atoms with van der Waals surface area (Å²) in [5.41, 5.74) is 5.53. The van der Waals surface area contributed by atoms with Crippen LogP contribution in [0.2, 0.25) is 0 Å². The molecule has 0 bridgehead atoms. The van der Waals surface area contributed by atoms with Crippen LogP contribution in [-0.4, -0.2) is 6.79 Å². The van der Waals surface area contributed by atoms with Crippen molar-refractivity contribution in [1.82, 2.24) is 0 Å². The Hall–Kier alpha value is -1.44. The van der Waals surface area contributed by atoms with Crippen LogP contribution >= 0.6 is 0 Å². The lowest BCUT2D eigenvalue weighted by Gasteiger charge is -2.03. The van der Waals surface area contributed by atoms with Gasteiger partial charge in [-0.25, -0.2) is 0 Å². The molecule has 2 aliphatic rings. The van der Waals surface area contributed by atoms with Crippen LogP contribution in [0.15, 0.2) is 17.7 Å². The van der Waals surface area contributed by atoms with Gasteiger partial charge >= 0.3 is 0 Å². The first-order valence-corrected chi connectivity index (χ1v) is 4.85. The normalized spacial score (nSPS) is 17.6. The molecule has 1 aromatic rings. The van der Waals surface area contributed by atoms with E-state index in [-0.39, 0.29) is 0 Å². The zero-order valence-electron chi connectivity index (χ0n) is 8.39. The molecule has 0 atom stereocenters. The molecule has 1 aliphatic carbocycles. The lowest BCUT2D eigenvalue weighted by atomic mass is 10.1. The Morgan fingerprint density at radius 1 is 1.07 bits per heavy atom. The third-order valence-corrected chi connectivity index (χ3v) is 3.10. The first-order chi connectivity index (χ1) is 6.75. The first kappa shape index (κ1) is 7.92. The quantitative estimate of drug-likeness (QED) is 0.623. The lowest BCUT2D eigenvalue weighted by molar-refractivity contribution is 0.174. The maximum absolute atomic E-state index is 5.36. The van der Waals surface area contributed by atoms with Crippen LogP contribution in [0.25, 0.3) is 5.57 Å². The smallest absolute Gasteiger partial charge is 0.231 e. The van der Waals surface area contributed by atoms with Gasteiger partial charge < -0.3 is 9.47 Å². The van der Waals surface area contributed by atoms with E-state index in [9.17, 15) is 0 Å². The standard InChI is InChI=1S/C12H12O2/c1-7-3-9-4-11-12(14-6-13-11)5-10(9)8(7)2/h4-5H,3,6H2,1-2H3. The number of hydrogen-bond donors (Lipinski definition) is 0. The third-order valence-electron chi connectivity index (χ3n) is 3.10. The zero-order chi connectivity index (χ0) is 9.71. The van der Waals surface area contributed by atoms with Crippen LogP contribution < -0.4 is 9.47 Å². The number of fused-ring (bicyclic) bond motifs is 2. The fraction of sp³-hybridized carbons (Fsp3) is 0.333. The van der Waals surface area contributed by atoms with Crippen molar-refractivity contribution in [3.8, 4) is 11.5 Å². The van der Waals surface area contributed by atoms with E-state index in [1.807, 2.05) is 0 Å². The number of allylic oxidation sites excluding steroid dienone is 2. The van der Waals surface area contributed by atoms with Crippen LogP contribution in [-0.2, 0) is 6.42 Å². The number of rotatable bonds is 0. The van der Waals surface area contributed by atoms with Crippen molar-refractivity contribution in [3.63, 3.8) is 0 Å². The molecule has 1 aromatic carbocycles. The summed E-state index contributed by atoms with van der Waals surface area (Å²) in [6, 6.07) is 4.21. The SMILES string of the molecule is CC1=C(C)c2cc3c(cc2C1)OCO3. The van der Waals surface area contributed by atoms with Gasteiger partial charge in [0.15, 0.2) is 11.5 Å². The molecule has 2 nitrogen and oxygen atoms in total. The van der Waals surface area contributed by atoms with E-state index in [0.717, 1.165) is 17.9 Å². The molecule has 2 heteroatoms. The minimum absolute atomic E-state index is 0.361. The molecule has 0 aromatic heterocycles. The predicted molar refractivity (Wildman–Crippen MR) is 54.5 cm³/mol. The Morgan fingerprint density at radius 2 is 1.79 bits per heavy atom. The Kier molecular flexibility index (Phi) is 1.43. The summed E-state index contributed by atoms with van der Waals surface area (Å²) in [4.78, 5) is 0. The summed E-state index contributed by atoms with van der Waals surface area (Å²) < 4.78 is 10.7. The van der Waals surface area contributed by atoms with Crippen LogP contribution in [0.4, 0.5) is 0 Å². The topological polar surface area (TPSA) is 18.5 Å². The van der Waals surface area contributed by atoms with Gasteiger partial charge in [-0.3, -0.25) is 0 Å². The van der Waals surface area contributed by atoms with E-state index in [1.54, 1.807) is 0 Å². The highest BCUT2D eigenvalue weighted by Gasteiger charge is 2.22.